The molecule has 0 saturated heterocycles. The van der Waals surface area contributed by atoms with Gasteiger partial charge in [-0.05, 0) is 50.8 Å². The molecule has 1 aliphatic rings. The van der Waals surface area contributed by atoms with Crippen molar-refractivity contribution in [2.24, 2.45) is 0 Å². The first-order chi connectivity index (χ1) is 12.9. The van der Waals surface area contributed by atoms with Gasteiger partial charge in [0.05, 0.1) is 16.3 Å². The molecular weight excluding hydrogens is 380 g/mol. The third kappa shape index (κ3) is 3.23. The molecule has 1 unspecified atom stereocenters. The van der Waals surface area contributed by atoms with Crippen molar-refractivity contribution in [1.82, 2.24) is 8.96 Å². The average Bonchev–Trinajstić information content (AvgIpc) is 3.40. The van der Waals surface area contributed by atoms with Gasteiger partial charge in [-0.2, -0.15) is 0 Å². The highest BCUT2D eigenvalue weighted by atomic mass is 35.5. The summed E-state index contributed by atoms with van der Waals surface area (Å²) in [6.07, 6.45) is 5.66. The van der Waals surface area contributed by atoms with Crippen molar-refractivity contribution in [3.63, 3.8) is 0 Å². The molecule has 0 spiro atoms. The van der Waals surface area contributed by atoms with Gasteiger partial charge in [0.15, 0.2) is 16.8 Å². The molecule has 1 atom stereocenters. The highest BCUT2D eigenvalue weighted by Gasteiger charge is 2.27. The predicted molar refractivity (Wildman–Crippen MR) is 109 cm³/mol. The van der Waals surface area contributed by atoms with E-state index in [-0.39, 0.29) is 11.7 Å². The number of fused-ring (bicyclic) bond motifs is 1. The van der Waals surface area contributed by atoms with Crippen molar-refractivity contribution >= 4 is 39.3 Å². The zero-order valence-corrected chi connectivity index (χ0v) is 17.2. The fraction of sp³-hybridized carbons (Fsp3) is 0.333. The van der Waals surface area contributed by atoms with Crippen molar-refractivity contribution in [3.05, 3.63) is 58.5 Å². The number of nitrogens with zero attached hydrogens (tertiary/aromatic N) is 2. The summed E-state index contributed by atoms with van der Waals surface area (Å²) >= 11 is 5.80. The Balaban J connectivity index is 1.93. The summed E-state index contributed by atoms with van der Waals surface area (Å²) in [5, 5.41) is 0.709. The molecule has 1 aliphatic carbocycles. The van der Waals surface area contributed by atoms with Gasteiger partial charge in [-0.3, -0.25) is 13.8 Å². The number of rotatable bonds is 5. The SMILES string of the molecule is Cc1cc(C)c(S(=O)n2cc(C(=O)CCl)c3cnc(C4CC4)cc32)c(C)c1. The smallest absolute Gasteiger partial charge is 0.179 e. The molecule has 3 aromatic rings. The van der Waals surface area contributed by atoms with E-state index in [1.165, 1.54) is 0 Å². The monoisotopic (exact) mass is 400 g/mol. The topological polar surface area (TPSA) is 52.0 Å². The molecule has 1 saturated carbocycles. The Kier molecular flexibility index (Phi) is 4.68. The number of alkyl halides is 1. The number of pyridine rings is 1. The summed E-state index contributed by atoms with van der Waals surface area (Å²) in [6.45, 7) is 5.98. The fourth-order valence-electron chi connectivity index (χ4n) is 3.68. The molecule has 1 fully saturated rings. The molecule has 0 aliphatic heterocycles. The van der Waals surface area contributed by atoms with Crippen LogP contribution in [0.25, 0.3) is 10.9 Å². The third-order valence-electron chi connectivity index (χ3n) is 5.05. The highest BCUT2D eigenvalue weighted by molar-refractivity contribution is 7.83. The van der Waals surface area contributed by atoms with Gasteiger partial charge in [-0.15, -0.1) is 11.6 Å². The lowest BCUT2D eigenvalue weighted by Gasteiger charge is -2.12. The van der Waals surface area contributed by atoms with Crippen LogP contribution in [0.1, 0.15) is 51.5 Å². The Labute approximate surface area is 166 Å². The number of aromatic nitrogens is 2. The molecule has 0 bridgehead atoms. The number of Topliss-reactive ketones (excluding diaryl/α,β-unsaturated/α-hetero) is 1. The van der Waals surface area contributed by atoms with Gasteiger partial charge in [0.25, 0.3) is 0 Å². The lowest BCUT2D eigenvalue weighted by Crippen LogP contribution is -2.08. The molecule has 4 rings (SSSR count). The van der Waals surface area contributed by atoms with Crippen molar-refractivity contribution in [3.8, 4) is 0 Å². The number of carbonyl (C=O) groups excluding carboxylic acids is 1. The molecule has 2 heterocycles. The first kappa shape index (κ1) is 18.4. The van der Waals surface area contributed by atoms with Gasteiger partial charge in [-0.25, -0.2) is 4.21 Å². The van der Waals surface area contributed by atoms with E-state index < -0.39 is 11.0 Å². The van der Waals surface area contributed by atoms with Gasteiger partial charge in [-0.1, -0.05) is 17.7 Å². The zero-order valence-electron chi connectivity index (χ0n) is 15.6. The Morgan fingerprint density at radius 2 is 1.89 bits per heavy atom. The van der Waals surface area contributed by atoms with E-state index in [1.54, 1.807) is 16.4 Å². The maximum absolute atomic E-state index is 13.5. The molecule has 0 radical (unpaired) electrons. The minimum absolute atomic E-state index is 0.112. The Hall–Kier alpha value is -1.98. The van der Waals surface area contributed by atoms with E-state index in [1.807, 2.05) is 39.0 Å². The van der Waals surface area contributed by atoms with Crippen LogP contribution in [-0.4, -0.2) is 24.8 Å². The van der Waals surface area contributed by atoms with Crippen LogP contribution in [0.15, 0.2) is 35.5 Å². The fourth-order valence-corrected chi connectivity index (χ4v) is 5.22. The lowest BCUT2D eigenvalue weighted by molar-refractivity contribution is 0.102. The largest absolute Gasteiger partial charge is 0.293 e. The van der Waals surface area contributed by atoms with Gasteiger partial charge >= 0.3 is 0 Å². The second kappa shape index (κ2) is 6.88. The van der Waals surface area contributed by atoms with Gasteiger partial charge < -0.3 is 0 Å². The number of ketones is 1. The maximum Gasteiger partial charge on any atom is 0.179 e. The van der Waals surface area contributed by atoms with Crippen LogP contribution in [-0.2, 0) is 11.0 Å². The van der Waals surface area contributed by atoms with Crippen molar-refractivity contribution in [1.29, 1.82) is 0 Å². The van der Waals surface area contributed by atoms with E-state index in [0.29, 0.717) is 16.9 Å². The number of carbonyl (C=O) groups is 1. The minimum atomic E-state index is -1.46. The molecule has 140 valence electrons. The summed E-state index contributed by atoms with van der Waals surface area (Å²) in [7, 11) is -1.46. The summed E-state index contributed by atoms with van der Waals surface area (Å²) < 4.78 is 15.2. The molecule has 4 nitrogen and oxygen atoms in total. The summed E-state index contributed by atoms with van der Waals surface area (Å²) in [6, 6.07) is 6.05. The predicted octanol–water partition coefficient (Wildman–Crippen LogP) is 4.83. The maximum atomic E-state index is 13.5. The lowest BCUT2D eigenvalue weighted by atomic mass is 10.1. The molecule has 0 N–H and O–H groups in total. The van der Waals surface area contributed by atoms with Crippen molar-refractivity contribution < 1.29 is 9.00 Å². The van der Waals surface area contributed by atoms with E-state index in [2.05, 4.69) is 4.98 Å². The standard InChI is InChI=1S/C21H21ClN2O2S/c1-12-6-13(2)21(14(3)7-12)27(26)24-11-17(20(25)9-22)16-10-23-18(8-19(16)24)15-4-5-15/h6-8,10-11,15H,4-5,9H2,1-3H3. The van der Waals surface area contributed by atoms with Gasteiger partial charge in [0, 0.05) is 35.0 Å². The Morgan fingerprint density at radius 1 is 1.22 bits per heavy atom. The van der Waals surface area contributed by atoms with Crippen LogP contribution < -0.4 is 0 Å². The van der Waals surface area contributed by atoms with Crippen LogP contribution in [0.4, 0.5) is 0 Å². The first-order valence-electron chi connectivity index (χ1n) is 9.01. The number of hydrogen-bond acceptors (Lipinski definition) is 3. The second-order valence-corrected chi connectivity index (χ2v) is 8.87. The number of hydrogen-bond donors (Lipinski definition) is 0. The molecule has 6 heteroatoms. The van der Waals surface area contributed by atoms with Gasteiger partial charge in [0.2, 0.25) is 0 Å². The average molecular weight is 401 g/mol. The van der Waals surface area contributed by atoms with Crippen LogP contribution >= 0.6 is 11.6 Å². The number of benzene rings is 1. The van der Waals surface area contributed by atoms with Crippen LogP contribution in [0.2, 0.25) is 0 Å². The van der Waals surface area contributed by atoms with E-state index in [4.69, 9.17) is 11.6 Å². The van der Waals surface area contributed by atoms with Crippen molar-refractivity contribution in [2.75, 3.05) is 5.88 Å². The van der Waals surface area contributed by atoms with E-state index >= 15 is 0 Å². The third-order valence-corrected chi connectivity index (χ3v) is 6.95. The minimum Gasteiger partial charge on any atom is -0.293 e. The quantitative estimate of drug-likeness (QED) is 0.455. The molecular formula is C21H21ClN2O2S. The van der Waals surface area contributed by atoms with Crippen LogP contribution in [0.5, 0.6) is 0 Å². The highest BCUT2D eigenvalue weighted by Crippen LogP contribution is 2.40. The normalized spacial score (nSPS) is 15.3. The summed E-state index contributed by atoms with van der Waals surface area (Å²) in [5.74, 6) is 0.176. The van der Waals surface area contributed by atoms with Crippen molar-refractivity contribution in [2.45, 2.75) is 44.4 Å². The summed E-state index contributed by atoms with van der Waals surface area (Å²) in [5.41, 5.74) is 5.36. The van der Waals surface area contributed by atoms with Crippen LogP contribution in [0.3, 0.4) is 0 Å². The first-order valence-corrected chi connectivity index (χ1v) is 10.6. The van der Waals surface area contributed by atoms with E-state index in [0.717, 1.165) is 45.6 Å². The molecule has 1 aromatic carbocycles. The Morgan fingerprint density at radius 3 is 2.48 bits per heavy atom. The van der Waals surface area contributed by atoms with Gasteiger partial charge in [0.1, 0.15) is 0 Å². The summed E-state index contributed by atoms with van der Waals surface area (Å²) in [4.78, 5) is 17.7. The Bertz CT molecular complexity index is 1080. The zero-order chi connectivity index (χ0) is 19.3. The molecule has 0 amide bonds. The van der Waals surface area contributed by atoms with Crippen LogP contribution in [0, 0.1) is 20.8 Å². The number of aryl methyl sites for hydroxylation is 3. The van der Waals surface area contributed by atoms with E-state index in [9.17, 15) is 9.00 Å². The number of halogens is 1. The second-order valence-electron chi connectivity index (χ2n) is 7.30. The molecule has 27 heavy (non-hydrogen) atoms. The molecule has 2 aromatic heterocycles.